The molecule has 2 N–H and O–H groups in total. The Bertz CT molecular complexity index is 593. The molecule has 5 heteroatoms. The lowest BCUT2D eigenvalue weighted by atomic mass is 10.3. The number of halogens is 1. The number of aromatic nitrogens is 1. The van der Waals surface area contributed by atoms with Gasteiger partial charge < -0.3 is 10.5 Å². The highest BCUT2D eigenvalue weighted by Gasteiger charge is 2.08. The van der Waals surface area contributed by atoms with Crippen molar-refractivity contribution >= 4 is 21.6 Å². The summed E-state index contributed by atoms with van der Waals surface area (Å²) in [6, 6.07) is 10.5. The maximum Gasteiger partial charge on any atom is 0.237 e. The summed E-state index contributed by atoms with van der Waals surface area (Å²) >= 11 is 3.34. The molecule has 0 fully saturated rings. The minimum absolute atomic E-state index is 0.265. The van der Waals surface area contributed by atoms with Crippen molar-refractivity contribution in [2.45, 2.75) is 0 Å². The van der Waals surface area contributed by atoms with Crippen LogP contribution >= 0.6 is 15.9 Å². The summed E-state index contributed by atoms with van der Waals surface area (Å²) in [6.45, 7) is 0. The second-order valence-corrected chi connectivity index (χ2v) is 4.11. The van der Waals surface area contributed by atoms with Crippen molar-refractivity contribution in [3.05, 3.63) is 46.6 Å². The zero-order chi connectivity index (χ0) is 12.3. The van der Waals surface area contributed by atoms with Crippen LogP contribution in [-0.4, -0.2) is 4.98 Å². The lowest BCUT2D eigenvalue weighted by Crippen LogP contribution is -1.93. The van der Waals surface area contributed by atoms with Gasteiger partial charge in [0.2, 0.25) is 5.88 Å². The van der Waals surface area contributed by atoms with Crippen LogP contribution in [0.5, 0.6) is 11.6 Å². The van der Waals surface area contributed by atoms with Crippen LogP contribution in [-0.2, 0) is 0 Å². The van der Waals surface area contributed by atoms with Gasteiger partial charge in [-0.25, -0.2) is 4.98 Å². The number of rotatable bonds is 2. The Morgan fingerprint density at radius 3 is 2.94 bits per heavy atom. The third-order valence-corrected chi connectivity index (χ3v) is 2.71. The predicted octanol–water partition coefficient (Wildman–Crippen LogP) is 3.09. The fraction of sp³-hybridized carbons (Fsp3) is 0. The molecule has 17 heavy (non-hydrogen) atoms. The second-order valence-electron chi connectivity index (χ2n) is 3.26. The molecule has 1 heterocycles. The summed E-state index contributed by atoms with van der Waals surface area (Å²) in [4.78, 5) is 4.01. The maximum absolute atomic E-state index is 8.91. The van der Waals surface area contributed by atoms with Crippen molar-refractivity contribution in [1.29, 1.82) is 5.26 Å². The Morgan fingerprint density at radius 2 is 2.18 bits per heavy atom. The lowest BCUT2D eigenvalue weighted by molar-refractivity contribution is 0.459. The SMILES string of the molecule is N#Cc1cccnc1Oc1cc(N)ccc1Br. The van der Waals surface area contributed by atoms with Crippen LogP contribution in [0, 0.1) is 11.3 Å². The van der Waals surface area contributed by atoms with Crippen molar-refractivity contribution in [3.8, 4) is 17.7 Å². The first-order chi connectivity index (χ1) is 8.20. The van der Waals surface area contributed by atoms with E-state index in [2.05, 4.69) is 20.9 Å². The molecule has 0 aliphatic heterocycles. The standard InChI is InChI=1S/C12H8BrN3O/c13-10-4-3-9(15)6-11(10)17-12-8(7-14)2-1-5-16-12/h1-6H,15H2. The molecule has 0 aliphatic rings. The molecule has 4 nitrogen and oxygen atoms in total. The Kier molecular flexibility index (Phi) is 3.26. The summed E-state index contributed by atoms with van der Waals surface area (Å²) in [5, 5.41) is 8.91. The van der Waals surface area contributed by atoms with E-state index in [-0.39, 0.29) is 5.88 Å². The molecule has 84 valence electrons. The molecule has 0 atom stereocenters. The number of pyridine rings is 1. The van der Waals surface area contributed by atoms with Crippen LogP contribution in [0.1, 0.15) is 5.56 Å². The van der Waals surface area contributed by atoms with Crippen LogP contribution in [0.2, 0.25) is 0 Å². The van der Waals surface area contributed by atoms with Gasteiger partial charge in [-0.3, -0.25) is 0 Å². The van der Waals surface area contributed by atoms with Gasteiger partial charge in [0, 0.05) is 18.0 Å². The normalized spacial score (nSPS) is 9.65. The average molecular weight is 290 g/mol. The maximum atomic E-state index is 8.91. The zero-order valence-corrected chi connectivity index (χ0v) is 10.3. The van der Waals surface area contributed by atoms with Crippen LogP contribution in [0.15, 0.2) is 41.0 Å². The van der Waals surface area contributed by atoms with Gasteiger partial charge in [0.15, 0.2) is 0 Å². The molecule has 0 bridgehead atoms. The van der Waals surface area contributed by atoms with Gasteiger partial charge in [0.05, 0.1) is 4.47 Å². The Labute approximate surface area is 107 Å². The Hall–Kier alpha value is -2.06. The highest BCUT2D eigenvalue weighted by atomic mass is 79.9. The molecule has 0 aliphatic carbocycles. The largest absolute Gasteiger partial charge is 0.436 e. The highest BCUT2D eigenvalue weighted by Crippen LogP contribution is 2.31. The van der Waals surface area contributed by atoms with E-state index in [1.807, 2.05) is 6.07 Å². The minimum atomic E-state index is 0.265. The molecule has 0 amide bonds. The molecule has 1 aromatic carbocycles. The van der Waals surface area contributed by atoms with Crippen molar-refractivity contribution in [3.63, 3.8) is 0 Å². The first kappa shape index (κ1) is 11.4. The van der Waals surface area contributed by atoms with Crippen molar-refractivity contribution < 1.29 is 4.74 Å². The molecule has 0 saturated heterocycles. The van der Waals surface area contributed by atoms with Gasteiger partial charge in [-0.05, 0) is 40.2 Å². The molecule has 0 unspecified atom stereocenters. The summed E-state index contributed by atoms with van der Waals surface area (Å²) in [7, 11) is 0. The van der Waals surface area contributed by atoms with Crippen molar-refractivity contribution in [2.24, 2.45) is 0 Å². The van der Waals surface area contributed by atoms with E-state index in [0.717, 1.165) is 4.47 Å². The number of nitrogen functional groups attached to an aromatic ring is 1. The minimum Gasteiger partial charge on any atom is -0.436 e. The van der Waals surface area contributed by atoms with Crippen molar-refractivity contribution in [2.75, 3.05) is 5.73 Å². The molecule has 0 spiro atoms. The number of benzene rings is 1. The summed E-state index contributed by atoms with van der Waals surface area (Å²) < 4.78 is 6.30. The van der Waals surface area contributed by atoms with Gasteiger partial charge in [0.1, 0.15) is 17.4 Å². The zero-order valence-electron chi connectivity index (χ0n) is 8.72. The fourth-order valence-corrected chi connectivity index (χ4v) is 1.59. The second kappa shape index (κ2) is 4.85. The number of hydrogen-bond donors (Lipinski definition) is 1. The number of nitrogens with zero attached hydrogens (tertiary/aromatic N) is 2. The molecule has 0 saturated carbocycles. The van der Waals surface area contributed by atoms with Gasteiger partial charge >= 0.3 is 0 Å². The van der Waals surface area contributed by atoms with Gasteiger partial charge in [-0.2, -0.15) is 5.26 Å². The third-order valence-electron chi connectivity index (χ3n) is 2.05. The van der Waals surface area contributed by atoms with Crippen LogP contribution in [0.4, 0.5) is 5.69 Å². The van der Waals surface area contributed by atoms with E-state index < -0.39 is 0 Å². The van der Waals surface area contributed by atoms with E-state index in [0.29, 0.717) is 17.0 Å². The predicted molar refractivity (Wildman–Crippen MR) is 67.6 cm³/mol. The first-order valence-electron chi connectivity index (χ1n) is 4.78. The topological polar surface area (TPSA) is 71.9 Å². The van der Waals surface area contributed by atoms with Crippen LogP contribution in [0.3, 0.4) is 0 Å². The third kappa shape index (κ3) is 2.55. The summed E-state index contributed by atoms with van der Waals surface area (Å²) in [6.07, 6.45) is 1.57. The van der Waals surface area contributed by atoms with E-state index >= 15 is 0 Å². The average Bonchev–Trinajstić information content (AvgIpc) is 2.34. The number of ether oxygens (including phenoxy) is 1. The lowest BCUT2D eigenvalue weighted by Gasteiger charge is -2.08. The number of nitriles is 1. The van der Waals surface area contributed by atoms with E-state index in [1.54, 1.807) is 36.5 Å². The Balaban J connectivity index is 2.38. The quantitative estimate of drug-likeness (QED) is 0.863. The summed E-state index contributed by atoms with van der Waals surface area (Å²) in [5.41, 5.74) is 6.62. The van der Waals surface area contributed by atoms with Gasteiger partial charge in [-0.1, -0.05) is 0 Å². The van der Waals surface area contributed by atoms with Crippen molar-refractivity contribution in [1.82, 2.24) is 4.98 Å². The van der Waals surface area contributed by atoms with Crippen LogP contribution in [0.25, 0.3) is 0 Å². The first-order valence-corrected chi connectivity index (χ1v) is 5.58. The number of hydrogen-bond acceptors (Lipinski definition) is 4. The molecular weight excluding hydrogens is 282 g/mol. The van der Waals surface area contributed by atoms with E-state index in [4.69, 9.17) is 15.7 Å². The molecule has 2 aromatic rings. The molecule has 2 rings (SSSR count). The Morgan fingerprint density at radius 1 is 1.35 bits per heavy atom. The fourth-order valence-electron chi connectivity index (χ4n) is 1.26. The van der Waals surface area contributed by atoms with Crippen LogP contribution < -0.4 is 10.5 Å². The van der Waals surface area contributed by atoms with Gasteiger partial charge in [-0.15, -0.1) is 0 Å². The molecular formula is C12H8BrN3O. The number of nitrogens with two attached hydrogens (primary N) is 1. The summed E-state index contributed by atoms with van der Waals surface area (Å²) in [5.74, 6) is 0.793. The van der Waals surface area contributed by atoms with Gasteiger partial charge in [0.25, 0.3) is 0 Å². The monoisotopic (exact) mass is 289 g/mol. The highest BCUT2D eigenvalue weighted by molar-refractivity contribution is 9.10. The number of anilines is 1. The molecule has 0 radical (unpaired) electrons. The van der Waals surface area contributed by atoms with E-state index in [9.17, 15) is 0 Å². The van der Waals surface area contributed by atoms with E-state index in [1.165, 1.54) is 0 Å². The smallest absolute Gasteiger partial charge is 0.237 e. The molecule has 1 aromatic heterocycles.